The van der Waals surface area contributed by atoms with Gasteiger partial charge in [0, 0.05) is 10.0 Å². The molecule has 0 radical (unpaired) electrons. The summed E-state index contributed by atoms with van der Waals surface area (Å²) in [5.74, 6) is -0.201. The van der Waals surface area contributed by atoms with Gasteiger partial charge in [0.2, 0.25) is 0 Å². The van der Waals surface area contributed by atoms with Crippen molar-refractivity contribution in [3.05, 3.63) is 57.4 Å². The molecule has 1 aliphatic heterocycles. The van der Waals surface area contributed by atoms with E-state index in [-0.39, 0.29) is 17.7 Å². The molecule has 0 spiro atoms. The van der Waals surface area contributed by atoms with E-state index in [2.05, 4.69) is 31.2 Å². The van der Waals surface area contributed by atoms with E-state index < -0.39 is 0 Å². The summed E-state index contributed by atoms with van der Waals surface area (Å²) >= 11 is 4.50. The van der Waals surface area contributed by atoms with Crippen LogP contribution in [0.5, 0.6) is 5.75 Å². The average Bonchev–Trinajstić information content (AvgIpc) is 3.14. The maximum absolute atomic E-state index is 12.1. The number of phenolic OH excluding ortho intramolecular Hbond substituents is 1. The Morgan fingerprint density at radius 1 is 1.28 bits per heavy atom. The van der Waals surface area contributed by atoms with Gasteiger partial charge in [-0.1, -0.05) is 28.1 Å². The summed E-state index contributed by atoms with van der Waals surface area (Å²) in [6, 6.07) is 12.5. The Kier molecular flexibility index (Phi) is 4.06. The number of phenols is 1. The number of benzene rings is 2. The predicted octanol–water partition coefficient (Wildman–Crippen LogP) is 4.19. The molecule has 0 unspecified atom stereocenters. The summed E-state index contributed by atoms with van der Waals surface area (Å²) in [6.45, 7) is 0. The van der Waals surface area contributed by atoms with Crippen molar-refractivity contribution in [2.75, 3.05) is 0 Å². The molecule has 1 aliphatic rings. The van der Waals surface area contributed by atoms with Crippen molar-refractivity contribution in [3.63, 3.8) is 0 Å². The van der Waals surface area contributed by atoms with Crippen molar-refractivity contribution in [1.82, 2.24) is 10.3 Å². The standard InChI is InChI=1S/C17H10BrN3O3S/c18-10-5-6-12(22)9(7-10)8-14-15(23)20-17(25-14)21-16-19-11-3-1-2-4-13(11)24-16/h1-8,22H,(H,19,20,21,23)/b14-8-. The maximum atomic E-state index is 12.1. The summed E-state index contributed by atoms with van der Waals surface area (Å²) in [5.41, 5.74) is 1.87. The summed E-state index contributed by atoms with van der Waals surface area (Å²) < 4.78 is 6.33. The van der Waals surface area contributed by atoms with Gasteiger partial charge in [0.05, 0.1) is 4.91 Å². The van der Waals surface area contributed by atoms with Gasteiger partial charge in [0.15, 0.2) is 10.8 Å². The van der Waals surface area contributed by atoms with Gasteiger partial charge in [-0.3, -0.25) is 4.79 Å². The van der Waals surface area contributed by atoms with Crippen LogP contribution in [0.15, 0.2) is 61.3 Å². The number of thioether (sulfide) groups is 1. The second-order valence-corrected chi connectivity index (χ2v) is 7.10. The number of halogens is 1. The molecule has 0 aliphatic carbocycles. The van der Waals surface area contributed by atoms with Gasteiger partial charge in [-0.05, 0) is 48.2 Å². The quantitative estimate of drug-likeness (QED) is 0.612. The molecule has 3 aromatic rings. The molecule has 0 saturated carbocycles. The van der Waals surface area contributed by atoms with Crippen LogP contribution < -0.4 is 5.32 Å². The number of aromatic hydroxyl groups is 1. The van der Waals surface area contributed by atoms with Crippen LogP contribution in [0, 0.1) is 0 Å². The van der Waals surface area contributed by atoms with Crippen LogP contribution >= 0.6 is 27.7 Å². The Morgan fingerprint density at radius 2 is 2.12 bits per heavy atom. The Balaban J connectivity index is 1.63. The van der Waals surface area contributed by atoms with Gasteiger partial charge >= 0.3 is 6.01 Å². The molecule has 1 aromatic heterocycles. The zero-order valence-electron chi connectivity index (χ0n) is 12.6. The summed E-state index contributed by atoms with van der Waals surface area (Å²) in [5, 5.41) is 12.9. The fourth-order valence-corrected chi connectivity index (χ4v) is 3.44. The third-order valence-electron chi connectivity index (χ3n) is 3.41. The molecule has 1 amide bonds. The van der Waals surface area contributed by atoms with Crippen LogP contribution in [0.1, 0.15) is 5.56 Å². The third kappa shape index (κ3) is 3.31. The number of carbonyl (C=O) groups excluding carboxylic acids is 1. The first-order valence-corrected chi connectivity index (χ1v) is 8.83. The van der Waals surface area contributed by atoms with E-state index in [4.69, 9.17) is 4.42 Å². The van der Waals surface area contributed by atoms with E-state index in [1.54, 1.807) is 30.3 Å². The number of para-hydroxylation sites is 2. The number of aromatic nitrogens is 1. The zero-order chi connectivity index (χ0) is 17.4. The first kappa shape index (κ1) is 15.9. The normalized spacial score (nSPS) is 17.6. The van der Waals surface area contributed by atoms with Gasteiger partial charge in [-0.2, -0.15) is 9.98 Å². The molecule has 25 heavy (non-hydrogen) atoms. The van der Waals surface area contributed by atoms with Gasteiger partial charge < -0.3 is 14.8 Å². The highest BCUT2D eigenvalue weighted by molar-refractivity contribution is 9.10. The summed E-state index contributed by atoms with van der Waals surface area (Å²) in [6.07, 6.45) is 1.61. The number of nitrogens with zero attached hydrogens (tertiary/aromatic N) is 2. The van der Waals surface area contributed by atoms with Crippen LogP contribution in [0.25, 0.3) is 17.2 Å². The molecule has 1 fully saturated rings. The lowest BCUT2D eigenvalue weighted by atomic mass is 10.2. The monoisotopic (exact) mass is 415 g/mol. The average molecular weight is 416 g/mol. The first-order chi connectivity index (χ1) is 12.1. The minimum absolute atomic E-state index is 0.0911. The van der Waals surface area contributed by atoms with Crippen molar-refractivity contribution in [3.8, 4) is 5.75 Å². The fourth-order valence-electron chi connectivity index (χ4n) is 2.26. The van der Waals surface area contributed by atoms with E-state index >= 15 is 0 Å². The zero-order valence-corrected chi connectivity index (χ0v) is 15.0. The van der Waals surface area contributed by atoms with E-state index in [1.807, 2.05) is 18.2 Å². The molecular weight excluding hydrogens is 406 g/mol. The molecule has 8 heteroatoms. The topological polar surface area (TPSA) is 87.7 Å². The van der Waals surface area contributed by atoms with Crippen LogP contribution in [-0.4, -0.2) is 21.2 Å². The summed E-state index contributed by atoms with van der Waals surface area (Å²) in [7, 11) is 0. The van der Waals surface area contributed by atoms with E-state index in [9.17, 15) is 9.90 Å². The van der Waals surface area contributed by atoms with E-state index in [1.165, 1.54) is 0 Å². The maximum Gasteiger partial charge on any atom is 0.325 e. The second kappa shape index (κ2) is 6.38. The SMILES string of the molecule is O=C1N/C(=N\c2nc3ccccc3o2)S/C1=C\c1cc(Br)ccc1O. The van der Waals surface area contributed by atoms with Gasteiger partial charge in [-0.15, -0.1) is 0 Å². The predicted molar refractivity (Wildman–Crippen MR) is 101 cm³/mol. The molecule has 2 N–H and O–H groups in total. The highest BCUT2D eigenvalue weighted by atomic mass is 79.9. The minimum Gasteiger partial charge on any atom is -0.507 e. The van der Waals surface area contributed by atoms with Crippen molar-refractivity contribution in [2.45, 2.75) is 0 Å². The van der Waals surface area contributed by atoms with Crippen molar-refractivity contribution < 1.29 is 14.3 Å². The van der Waals surface area contributed by atoms with Crippen LogP contribution in [0.3, 0.4) is 0 Å². The van der Waals surface area contributed by atoms with Crippen LogP contribution in [-0.2, 0) is 4.79 Å². The minimum atomic E-state index is -0.292. The van der Waals surface area contributed by atoms with Crippen molar-refractivity contribution in [1.29, 1.82) is 0 Å². The third-order valence-corrected chi connectivity index (χ3v) is 4.81. The second-order valence-electron chi connectivity index (χ2n) is 5.15. The lowest BCUT2D eigenvalue weighted by Crippen LogP contribution is -2.19. The molecule has 2 heterocycles. The van der Waals surface area contributed by atoms with Gasteiger partial charge in [0.1, 0.15) is 11.3 Å². The van der Waals surface area contributed by atoms with Gasteiger partial charge in [-0.25, -0.2) is 0 Å². The number of hydrogen-bond donors (Lipinski definition) is 2. The smallest absolute Gasteiger partial charge is 0.325 e. The Bertz CT molecular complexity index is 1030. The molecule has 1 saturated heterocycles. The number of carbonyl (C=O) groups is 1. The highest BCUT2D eigenvalue weighted by Gasteiger charge is 2.25. The van der Waals surface area contributed by atoms with E-state index in [0.29, 0.717) is 26.7 Å². The molecule has 4 rings (SSSR count). The molecule has 6 nitrogen and oxygen atoms in total. The van der Waals surface area contributed by atoms with E-state index in [0.717, 1.165) is 16.2 Å². The fraction of sp³-hybridized carbons (Fsp3) is 0. The number of amidine groups is 1. The lowest BCUT2D eigenvalue weighted by molar-refractivity contribution is -0.115. The number of fused-ring (bicyclic) bond motifs is 1. The van der Waals surface area contributed by atoms with Crippen LogP contribution in [0.2, 0.25) is 0 Å². The van der Waals surface area contributed by atoms with Crippen molar-refractivity contribution >= 4 is 62.0 Å². The summed E-state index contributed by atoms with van der Waals surface area (Å²) in [4.78, 5) is 21.0. The first-order valence-electron chi connectivity index (χ1n) is 7.22. The number of nitrogens with one attached hydrogen (secondary N) is 1. The largest absolute Gasteiger partial charge is 0.507 e. The molecular formula is C17H10BrN3O3S. The molecule has 124 valence electrons. The number of rotatable bonds is 2. The number of aliphatic imine (C=N–C) groups is 1. The highest BCUT2D eigenvalue weighted by Crippen LogP contribution is 2.31. The molecule has 0 bridgehead atoms. The Hall–Kier alpha value is -2.58. The van der Waals surface area contributed by atoms with Gasteiger partial charge in [0.25, 0.3) is 5.91 Å². The number of oxazole rings is 1. The number of amides is 1. The lowest BCUT2D eigenvalue weighted by Gasteiger charge is -2.00. The Morgan fingerprint density at radius 3 is 2.96 bits per heavy atom. The van der Waals surface area contributed by atoms with Crippen molar-refractivity contribution in [2.24, 2.45) is 4.99 Å². The van der Waals surface area contributed by atoms with Crippen LogP contribution in [0.4, 0.5) is 6.01 Å². The molecule has 0 atom stereocenters. The Labute approximate surface area is 154 Å². The number of hydrogen-bond acceptors (Lipinski definition) is 6. The molecule has 2 aromatic carbocycles.